The van der Waals surface area contributed by atoms with Crippen LogP contribution in [0, 0.1) is 23.6 Å². The molecule has 4 rings (SSSR count). The Kier molecular flexibility index (Phi) is 4.39. The summed E-state index contributed by atoms with van der Waals surface area (Å²) in [6, 6.07) is 9.08. The Morgan fingerprint density at radius 1 is 1.31 bits per heavy atom. The SMILES string of the molecule is CC[C@H](c1ccccc1C(N)=O)C1[C@H]2CC(Oc3cncc(F)c3)C[C@H]12. The topological polar surface area (TPSA) is 65.2 Å². The number of benzene rings is 1. The highest BCUT2D eigenvalue weighted by molar-refractivity contribution is 5.94. The third-order valence-electron chi connectivity index (χ3n) is 5.98. The molecular formula is C21H23FN2O2. The summed E-state index contributed by atoms with van der Waals surface area (Å²) in [4.78, 5) is 15.6. The number of carbonyl (C=O) groups is 1. The van der Waals surface area contributed by atoms with Crippen LogP contribution in [0.25, 0.3) is 0 Å². The molecule has 2 N–H and O–H groups in total. The van der Waals surface area contributed by atoms with Gasteiger partial charge in [0.2, 0.25) is 5.91 Å². The Morgan fingerprint density at radius 3 is 2.69 bits per heavy atom. The molecule has 5 heteroatoms. The Morgan fingerprint density at radius 2 is 2.04 bits per heavy atom. The van der Waals surface area contributed by atoms with Crippen LogP contribution < -0.4 is 10.5 Å². The Bertz CT molecular complexity index is 813. The lowest BCUT2D eigenvalue weighted by Crippen LogP contribution is -2.20. The second-order valence-corrected chi connectivity index (χ2v) is 7.42. The fourth-order valence-corrected chi connectivity index (χ4v) is 4.93. The maximum absolute atomic E-state index is 13.3. The third kappa shape index (κ3) is 3.06. The van der Waals surface area contributed by atoms with Crippen LogP contribution in [0.2, 0.25) is 0 Å². The number of aromatic nitrogens is 1. The van der Waals surface area contributed by atoms with Crippen LogP contribution in [0.3, 0.4) is 0 Å². The summed E-state index contributed by atoms with van der Waals surface area (Å²) < 4.78 is 19.2. The van der Waals surface area contributed by atoms with Crippen LogP contribution in [-0.4, -0.2) is 17.0 Å². The van der Waals surface area contributed by atoms with Crippen molar-refractivity contribution in [1.82, 2.24) is 4.98 Å². The summed E-state index contributed by atoms with van der Waals surface area (Å²) in [5.41, 5.74) is 7.29. The molecule has 0 aliphatic heterocycles. The van der Waals surface area contributed by atoms with E-state index in [4.69, 9.17) is 10.5 Å². The average molecular weight is 354 g/mol. The van der Waals surface area contributed by atoms with Gasteiger partial charge >= 0.3 is 0 Å². The van der Waals surface area contributed by atoms with Gasteiger partial charge in [0.05, 0.1) is 18.5 Å². The first-order chi connectivity index (χ1) is 12.6. The molecule has 3 atom stereocenters. The van der Waals surface area contributed by atoms with Crippen LogP contribution in [-0.2, 0) is 0 Å². The molecule has 2 aliphatic carbocycles. The van der Waals surface area contributed by atoms with Gasteiger partial charge in [-0.25, -0.2) is 4.39 Å². The highest BCUT2D eigenvalue weighted by Crippen LogP contribution is 2.64. The van der Waals surface area contributed by atoms with Gasteiger partial charge in [0.1, 0.15) is 11.6 Å². The van der Waals surface area contributed by atoms with Crippen LogP contribution in [0.15, 0.2) is 42.7 Å². The van der Waals surface area contributed by atoms with Crippen molar-refractivity contribution in [2.24, 2.45) is 23.5 Å². The first-order valence-electron chi connectivity index (χ1n) is 9.24. The minimum absolute atomic E-state index is 0.119. The molecule has 0 unspecified atom stereocenters. The Hall–Kier alpha value is -2.43. The zero-order chi connectivity index (χ0) is 18.3. The summed E-state index contributed by atoms with van der Waals surface area (Å²) in [6.07, 6.45) is 5.79. The smallest absolute Gasteiger partial charge is 0.248 e. The van der Waals surface area contributed by atoms with Gasteiger partial charge in [-0.1, -0.05) is 25.1 Å². The standard InChI is InChI=1S/C21H23FN2O2/c1-2-15(16-5-3-4-6-17(16)21(23)25)20-18-8-13(9-19(18)20)26-14-7-12(22)10-24-11-14/h3-7,10-11,13,15,18-20H,2,8-9H2,1H3,(H2,23,25)/t13?,15-,18+,19+,20?/m1/s1. The molecule has 0 spiro atoms. The molecule has 1 aromatic carbocycles. The average Bonchev–Trinajstić information content (AvgIpc) is 3.10. The van der Waals surface area contributed by atoms with E-state index >= 15 is 0 Å². The predicted molar refractivity (Wildman–Crippen MR) is 96.3 cm³/mol. The second kappa shape index (κ2) is 6.71. The van der Waals surface area contributed by atoms with E-state index < -0.39 is 0 Å². The van der Waals surface area contributed by atoms with E-state index in [2.05, 4.69) is 11.9 Å². The van der Waals surface area contributed by atoms with Crippen molar-refractivity contribution in [2.75, 3.05) is 0 Å². The minimum atomic E-state index is -0.377. The first kappa shape index (κ1) is 17.0. The number of rotatable bonds is 6. The molecule has 26 heavy (non-hydrogen) atoms. The summed E-state index contributed by atoms with van der Waals surface area (Å²) in [6.45, 7) is 2.17. The van der Waals surface area contributed by atoms with Crippen molar-refractivity contribution in [3.05, 3.63) is 59.7 Å². The Balaban J connectivity index is 1.44. The lowest BCUT2D eigenvalue weighted by atomic mass is 9.84. The van der Waals surface area contributed by atoms with Crippen LogP contribution in [0.1, 0.15) is 48.0 Å². The second-order valence-electron chi connectivity index (χ2n) is 7.42. The minimum Gasteiger partial charge on any atom is -0.489 e. The van der Waals surface area contributed by atoms with Gasteiger partial charge in [-0.2, -0.15) is 0 Å². The first-order valence-corrected chi connectivity index (χ1v) is 9.24. The molecule has 1 aromatic heterocycles. The molecule has 0 radical (unpaired) electrons. The molecule has 4 nitrogen and oxygen atoms in total. The quantitative estimate of drug-likeness (QED) is 0.855. The van der Waals surface area contributed by atoms with Gasteiger partial charge in [-0.05, 0) is 54.6 Å². The van der Waals surface area contributed by atoms with E-state index in [1.807, 2.05) is 24.3 Å². The molecule has 0 bridgehead atoms. The van der Waals surface area contributed by atoms with E-state index in [0.717, 1.165) is 24.8 Å². The molecule has 1 amide bonds. The zero-order valence-electron chi connectivity index (χ0n) is 14.8. The van der Waals surface area contributed by atoms with E-state index in [1.165, 1.54) is 12.3 Å². The number of carbonyl (C=O) groups excluding carboxylic acids is 1. The fourth-order valence-electron chi connectivity index (χ4n) is 4.93. The van der Waals surface area contributed by atoms with E-state index in [0.29, 0.717) is 35.0 Å². The van der Waals surface area contributed by atoms with Crippen molar-refractivity contribution in [2.45, 2.75) is 38.2 Å². The summed E-state index contributed by atoms with van der Waals surface area (Å²) >= 11 is 0. The van der Waals surface area contributed by atoms with E-state index in [9.17, 15) is 9.18 Å². The predicted octanol–water partition coefficient (Wildman–Crippen LogP) is 3.92. The fraction of sp³-hybridized carbons (Fsp3) is 0.429. The maximum Gasteiger partial charge on any atom is 0.248 e. The highest BCUT2D eigenvalue weighted by Gasteiger charge is 2.59. The summed E-state index contributed by atoms with van der Waals surface area (Å²) in [5.74, 6) is 1.90. The maximum atomic E-state index is 13.3. The number of primary amides is 1. The lowest BCUT2D eigenvalue weighted by Gasteiger charge is -2.22. The van der Waals surface area contributed by atoms with Gasteiger partial charge in [-0.15, -0.1) is 0 Å². The molecule has 0 saturated heterocycles. The molecule has 1 heterocycles. The van der Waals surface area contributed by atoms with Gasteiger partial charge in [0.25, 0.3) is 0 Å². The molecule has 2 aromatic rings. The van der Waals surface area contributed by atoms with E-state index in [-0.39, 0.29) is 17.8 Å². The number of pyridine rings is 1. The number of amides is 1. The monoisotopic (exact) mass is 354 g/mol. The van der Waals surface area contributed by atoms with Crippen molar-refractivity contribution in [3.63, 3.8) is 0 Å². The van der Waals surface area contributed by atoms with Gasteiger partial charge < -0.3 is 10.5 Å². The number of hydrogen-bond acceptors (Lipinski definition) is 3. The van der Waals surface area contributed by atoms with Crippen molar-refractivity contribution < 1.29 is 13.9 Å². The normalized spacial score (nSPS) is 25.5. The van der Waals surface area contributed by atoms with Crippen molar-refractivity contribution >= 4 is 5.91 Å². The number of halogens is 1. The van der Waals surface area contributed by atoms with Crippen LogP contribution >= 0.6 is 0 Å². The molecule has 2 aliphatic rings. The third-order valence-corrected chi connectivity index (χ3v) is 5.98. The van der Waals surface area contributed by atoms with Gasteiger partial charge in [0, 0.05) is 11.6 Å². The number of fused-ring (bicyclic) bond motifs is 1. The molecular weight excluding hydrogens is 331 g/mol. The van der Waals surface area contributed by atoms with Gasteiger partial charge in [-0.3, -0.25) is 9.78 Å². The van der Waals surface area contributed by atoms with E-state index in [1.54, 1.807) is 6.20 Å². The number of hydrogen-bond donors (Lipinski definition) is 1. The Labute approximate surface area is 152 Å². The molecule has 2 saturated carbocycles. The van der Waals surface area contributed by atoms with Crippen molar-refractivity contribution in [3.8, 4) is 5.75 Å². The number of ether oxygens (including phenoxy) is 1. The van der Waals surface area contributed by atoms with Crippen LogP contribution in [0.4, 0.5) is 4.39 Å². The number of nitrogens with zero attached hydrogens (tertiary/aromatic N) is 1. The number of nitrogens with two attached hydrogens (primary N) is 1. The summed E-state index contributed by atoms with van der Waals surface area (Å²) in [5, 5.41) is 0. The van der Waals surface area contributed by atoms with Gasteiger partial charge in [0.15, 0.2) is 0 Å². The molecule has 2 fully saturated rings. The van der Waals surface area contributed by atoms with Crippen LogP contribution in [0.5, 0.6) is 5.75 Å². The largest absolute Gasteiger partial charge is 0.489 e. The molecule has 136 valence electrons. The lowest BCUT2D eigenvalue weighted by molar-refractivity contribution is 0.0998. The van der Waals surface area contributed by atoms with Crippen molar-refractivity contribution in [1.29, 1.82) is 0 Å². The highest BCUT2D eigenvalue weighted by atomic mass is 19.1. The summed E-state index contributed by atoms with van der Waals surface area (Å²) in [7, 11) is 0. The zero-order valence-corrected chi connectivity index (χ0v) is 14.8.